The lowest BCUT2D eigenvalue weighted by molar-refractivity contribution is 0.102. The number of methoxy groups -OCH3 is 1. The Labute approximate surface area is 189 Å². The monoisotopic (exact) mass is 470 g/mol. The summed E-state index contributed by atoms with van der Waals surface area (Å²) in [6.45, 7) is 0.130. The van der Waals surface area contributed by atoms with Crippen molar-refractivity contribution < 1.29 is 13.9 Å². The van der Waals surface area contributed by atoms with Gasteiger partial charge in [-0.25, -0.2) is 4.39 Å². The second-order valence-electron chi connectivity index (χ2n) is 6.38. The Kier molecular flexibility index (Phi) is 6.58. The van der Waals surface area contributed by atoms with Crippen molar-refractivity contribution in [1.82, 2.24) is 10.2 Å². The lowest BCUT2D eigenvalue weighted by Crippen LogP contribution is -2.12. The van der Waals surface area contributed by atoms with Gasteiger partial charge in [0.05, 0.1) is 23.1 Å². The van der Waals surface area contributed by atoms with E-state index >= 15 is 0 Å². The summed E-state index contributed by atoms with van der Waals surface area (Å²) in [4.78, 5) is 13.3. The van der Waals surface area contributed by atoms with Gasteiger partial charge in [0.1, 0.15) is 5.82 Å². The number of carbonyl (C=O) groups excluding carboxylic acids is 1. The van der Waals surface area contributed by atoms with E-state index in [2.05, 4.69) is 21.6 Å². The van der Waals surface area contributed by atoms with Gasteiger partial charge >= 0.3 is 0 Å². The molecule has 1 N–H and O–H groups in total. The third-order valence-electron chi connectivity index (χ3n) is 4.33. The number of rotatable bonds is 7. The van der Waals surface area contributed by atoms with Gasteiger partial charge in [-0.15, -0.1) is 21.5 Å². The summed E-state index contributed by atoms with van der Waals surface area (Å²) in [6.07, 6.45) is 0. The number of aromatic nitrogens is 2. The lowest BCUT2D eigenvalue weighted by Gasteiger charge is -2.04. The Hall–Kier alpha value is -2.84. The lowest BCUT2D eigenvalue weighted by atomic mass is 10.1. The number of nitriles is 1. The molecule has 156 valence electrons. The average molecular weight is 471 g/mol. The molecule has 2 heterocycles. The van der Waals surface area contributed by atoms with E-state index in [1.807, 2.05) is 12.1 Å². The first-order valence-electron chi connectivity index (χ1n) is 9.04. The van der Waals surface area contributed by atoms with E-state index in [1.165, 1.54) is 47.6 Å². The van der Waals surface area contributed by atoms with Crippen molar-refractivity contribution in [2.75, 3.05) is 12.4 Å². The minimum atomic E-state index is -0.378. The second-order valence-corrected chi connectivity index (χ2v) is 9.63. The highest BCUT2D eigenvalue weighted by molar-refractivity contribution is 8.00. The zero-order chi connectivity index (χ0) is 21.8. The minimum absolute atomic E-state index is 0.130. The number of nitrogens with one attached hydrogen (secondary N) is 1. The number of thiophene rings is 1. The van der Waals surface area contributed by atoms with Crippen LogP contribution in [0.5, 0.6) is 0 Å². The molecule has 4 aromatic rings. The summed E-state index contributed by atoms with van der Waals surface area (Å²) in [5.41, 5.74) is 2.20. The number of halogens is 1. The summed E-state index contributed by atoms with van der Waals surface area (Å²) in [7, 11) is 1.51. The van der Waals surface area contributed by atoms with Crippen molar-refractivity contribution in [2.24, 2.45) is 0 Å². The smallest absolute Gasteiger partial charge is 0.267 e. The van der Waals surface area contributed by atoms with E-state index < -0.39 is 0 Å². The maximum atomic E-state index is 14.3. The summed E-state index contributed by atoms with van der Waals surface area (Å²) < 4.78 is 20.9. The normalized spacial score (nSPS) is 10.9. The third kappa shape index (κ3) is 4.75. The van der Waals surface area contributed by atoms with Crippen molar-refractivity contribution in [3.05, 3.63) is 69.8 Å². The molecule has 0 aliphatic carbocycles. The molecule has 0 atom stereocenters. The Morgan fingerprint density at radius 3 is 2.77 bits per heavy atom. The highest BCUT2D eigenvalue weighted by Crippen LogP contribution is 2.35. The van der Waals surface area contributed by atoms with Gasteiger partial charge in [-0.2, -0.15) is 5.26 Å². The van der Waals surface area contributed by atoms with E-state index in [4.69, 9.17) is 10.00 Å². The van der Waals surface area contributed by atoms with E-state index in [9.17, 15) is 9.18 Å². The molecule has 10 heteroatoms. The molecule has 2 aromatic heterocycles. The molecule has 0 radical (unpaired) electrons. The largest absolute Gasteiger partial charge is 0.380 e. The molecule has 0 bridgehead atoms. The summed E-state index contributed by atoms with van der Waals surface area (Å²) >= 11 is 3.98. The number of anilines is 1. The molecule has 0 aliphatic heterocycles. The Balaban J connectivity index is 1.47. The number of thioether (sulfide) groups is 1. The van der Waals surface area contributed by atoms with E-state index in [1.54, 1.807) is 24.3 Å². The minimum Gasteiger partial charge on any atom is -0.380 e. The predicted molar refractivity (Wildman–Crippen MR) is 121 cm³/mol. The molecule has 1 amide bonds. The first kappa shape index (κ1) is 21.4. The molecule has 31 heavy (non-hydrogen) atoms. The first-order chi connectivity index (χ1) is 15.1. The van der Waals surface area contributed by atoms with E-state index in [-0.39, 0.29) is 18.3 Å². The molecular weight excluding hydrogens is 455 g/mol. The average Bonchev–Trinajstić information content (AvgIpc) is 3.38. The Morgan fingerprint density at radius 2 is 2.03 bits per heavy atom. The number of carbonyl (C=O) groups is 1. The topological polar surface area (TPSA) is 87.9 Å². The molecule has 6 nitrogen and oxygen atoms in total. The maximum Gasteiger partial charge on any atom is 0.267 e. The second kappa shape index (κ2) is 9.53. The van der Waals surface area contributed by atoms with Gasteiger partial charge in [0.15, 0.2) is 4.34 Å². The van der Waals surface area contributed by atoms with Gasteiger partial charge in [0.25, 0.3) is 5.91 Å². The van der Waals surface area contributed by atoms with Crippen molar-refractivity contribution in [1.29, 1.82) is 5.26 Å². The van der Waals surface area contributed by atoms with Crippen LogP contribution in [0.15, 0.2) is 46.8 Å². The van der Waals surface area contributed by atoms with Gasteiger partial charge in [-0.3, -0.25) is 10.1 Å². The van der Waals surface area contributed by atoms with Crippen LogP contribution in [0.3, 0.4) is 0 Å². The van der Waals surface area contributed by atoms with Crippen LogP contribution >= 0.6 is 34.4 Å². The van der Waals surface area contributed by atoms with Crippen LogP contribution in [0.4, 0.5) is 9.52 Å². The molecule has 0 aliphatic rings. The molecule has 0 saturated heterocycles. The number of nitrogens with zero attached hydrogens (tertiary/aromatic N) is 3. The third-order valence-corrected chi connectivity index (χ3v) is 7.57. The zero-order valence-corrected chi connectivity index (χ0v) is 18.7. The Bertz CT molecular complexity index is 1280. The van der Waals surface area contributed by atoms with E-state index in [0.717, 1.165) is 5.56 Å². The van der Waals surface area contributed by atoms with Gasteiger partial charge in [-0.05, 0) is 29.8 Å². The fraction of sp³-hybridized carbons (Fsp3) is 0.143. The maximum absolute atomic E-state index is 14.3. The first-order valence-corrected chi connectivity index (χ1v) is 11.7. The van der Waals surface area contributed by atoms with Gasteiger partial charge in [0.2, 0.25) is 5.13 Å². The molecule has 0 spiro atoms. The SMILES string of the molecule is COCc1c(C(=O)Nc2nnc(SCc3ccc(C#N)cc3)s2)sc2cccc(F)c12. The predicted octanol–water partition coefficient (Wildman–Crippen LogP) is 5.45. The van der Waals surface area contributed by atoms with Crippen LogP contribution in [-0.2, 0) is 17.1 Å². The summed E-state index contributed by atoms with van der Waals surface area (Å²) in [6, 6.07) is 14.2. The fourth-order valence-electron chi connectivity index (χ4n) is 2.93. The highest BCUT2D eigenvalue weighted by Gasteiger charge is 2.21. The van der Waals surface area contributed by atoms with Crippen molar-refractivity contribution in [3.63, 3.8) is 0 Å². The van der Waals surface area contributed by atoms with Crippen LogP contribution in [0.1, 0.15) is 26.4 Å². The fourth-order valence-corrected chi connectivity index (χ4v) is 5.75. The molecule has 2 aromatic carbocycles. The quantitative estimate of drug-likeness (QED) is 0.285. The van der Waals surface area contributed by atoms with Crippen molar-refractivity contribution in [3.8, 4) is 6.07 Å². The van der Waals surface area contributed by atoms with Crippen LogP contribution in [0.2, 0.25) is 0 Å². The van der Waals surface area contributed by atoms with Crippen molar-refractivity contribution >= 4 is 55.6 Å². The number of hydrogen-bond acceptors (Lipinski definition) is 8. The molecular formula is C21H15FN4O2S3. The summed E-state index contributed by atoms with van der Waals surface area (Å²) in [5.74, 6) is -0.0771. The van der Waals surface area contributed by atoms with Crippen LogP contribution < -0.4 is 5.32 Å². The number of amides is 1. The number of ether oxygens (including phenoxy) is 1. The van der Waals surface area contributed by atoms with Crippen LogP contribution in [-0.4, -0.2) is 23.2 Å². The standard InChI is InChI=1S/C21H15FN4O2S3/c1-28-10-14-17-15(22)3-2-4-16(17)30-18(14)19(27)24-20-25-26-21(31-20)29-11-13-7-5-12(9-23)6-8-13/h2-8H,10-11H2,1H3,(H,24,25,27). The highest BCUT2D eigenvalue weighted by atomic mass is 32.2. The molecule has 0 saturated carbocycles. The number of hydrogen-bond donors (Lipinski definition) is 1. The van der Waals surface area contributed by atoms with Gasteiger partial charge in [-0.1, -0.05) is 41.3 Å². The zero-order valence-electron chi connectivity index (χ0n) is 16.2. The van der Waals surface area contributed by atoms with E-state index in [0.29, 0.717) is 41.3 Å². The molecule has 0 unspecified atom stereocenters. The van der Waals surface area contributed by atoms with Gasteiger partial charge in [0, 0.05) is 28.5 Å². The van der Waals surface area contributed by atoms with Crippen LogP contribution in [0.25, 0.3) is 10.1 Å². The molecule has 0 fully saturated rings. The molecule has 4 rings (SSSR count). The van der Waals surface area contributed by atoms with Crippen LogP contribution in [0, 0.1) is 17.1 Å². The van der Waals surface area contributed by atoms with Gasteiger partial charge < -0.3 is 4.74 Å². The number of benzene rings is 2. The van der Waals surface area contributed by atoms with Crippen molar-refractivity contribution in [2.45, 2.75) is 16.7 Å². The Morgan fingerprint density at radius 1 is 1.23 bits per heavy atom. The summed E-state index contributed by atoms with van der Waals surface area (Å²) in [5, 5.41) is 20.6. The number of fused-ring (bicyclic) bond motifs is 1.